The van der Waals surface area contributed by atoms with Gasteiger partial charge in [-0.15, -0.1) is 0 Å². The van der Waals surface area contributed by atoms with Gasteiger partial charge in [-0.2, -0.15) is 0 Å². The van der Waals surface area contributed by atoms with Crippen LogP contribution in [0.25, 0.3) is 32.3 Å². The molecule has 0 atom stereocenters. The number of hydrogen-bond acceptors (Lipinski definition) is 2. The zero-order chi connectivity index (χ0) is 19.2. The average Bonchev–Trinajstić information content (AvgIpc) is 2.76. The van der Waals surface area contributed by atoms with Crippen molar-refractivity contribution in [3.05, 3.63) is 66.7 Å². The minimum Gasteiger partial charge on any atom is -0.493 e. The Morgan fingerprint density at radius 3 is 1.68 bits per heavy atom. The van der Waals surface area contributed by atoms with E-state index >= 15 is 0 Å². The summed E-state index contributed by atoms with van der Waals surface area (Å²) in [5.41, 5.74) is 0. The van der Waals surface area contributed by atoms with Crippen molar-refractivity contribution < 1.29 is 9.84 Å². The molecule has 2 nitrogen and oxygen atoms in total. The molecule has 0 aromatic heterocycles. The molecule has 4 aromatic carbocycles. The van der Waals surface area contributed by atoms with E-state index in [2.05, 4.69) is 66.7 Å². The highest BCUT2D eigenvalue weighted by Gasteiger charge is 2.11. The van der Waals surface area contributed by atoms with Gasteiger partial charge in [-0.25, -0.2) is 0 Å². The van der Waals surface area contributed by atoms with Crippen molar-refractivity contribution in [2.45, 2.75) is 38.5 Å². The summed E-state index contributed by atoms with van der Waals surface area (Å²) in [5.74, 6) is 0.986. The number of hydrogen-bond donors (Lipinski definition) is 1. The van der Waals surface area contributed by atoms with Gasteiger partial charge in [0, 0.05) is 12.0 Å². The van der Waals surface area contributed by atoms with Crippen LogP contribution in [-0.4, -0.2) is 18.3 Å². The summed E-state index contributed by atoms with van der Waals surface area (Å²) in [4.78, 5) is 0. The van der Waals surface area contributed by atoms with E-state index in [1.807, 2.05) is 0 Å². The summed E-state index contributed by atoms with van der Waals surface area (Å²) in [7, 11) is 0. The van der Waals surface area contributed by atoms with E-state index in [1.165, 1.54) is 51.6 Å². The average molecular weight is 373 g/mol. The highest BCUT2D eigenvalue weighted by molar-refractivity contribution is 6.26. The van der Waals surface area contributed by atoms with Crippen LogP contribution in [0.15, 0.2) is 66.7 Å². The van der Waals surface area contributed by atoms with Crippen molar-refractivity contribution >= 4 is 32.3 Å². The van der Waals surface area contributed by atoms with Crippen molar-refractivity contribution in [2.75, 3.05) is 13.2 Å². The Morgan fingerprint density at radius 1 is 0.536 bits per heavy atom. The van der Waals surface area contributed by atoms with Crippen LogP contribution in [0.4, 0.5) is 0 Å². The minimum absolute atomic E-state index is 0.312. The van der Waals surface area contributed by atoms with Crippen LogP contribution in [-0.2, 0) is 0 Å². The van der Waals surface area contributed by atoms with E-state index < -0.39 is 0 Å². The zero-order valence-corrected chi connectivity index (χ0v) is 16.4. The molecule has 0 heterocycles. The van der Waals surface area contributed by atoms with E-state index in [1.54, 1.807) is 0 Å². The fourth-order valence-electron chi connectivity index (χ4n) is 4.15. The van der Waals surface area contributed by atoms with E-state index in [0.29, 0.717) is 6.61 Å². The van der Waals surface area contributed by atoms with Crippen LogP contribution in [0, 0.1) is 0 Å². The summed E-state index contributed by atoms with van der Waals surface area (Å²) in [6, 6.07) is 23.7. The first-order chi connectivity index (χ1) is 13.9. The first-order valence-corrected chi connectivity index (χ1v) is 10.5. The molecule has 0 saturated heterocycles. The van der Waals surface area contributed by atoms with Crippen molar-refractivity contribution in [1.82, 2.24) is 0 Å². The molecule has 0 radical (unpaired) electrons. The molecule has 0 aliphatic carbocycles. The Morgan fingerprint density at radius 2 is 1.04 bits per heavy atom. The maximum Gasteiger partial charge on any atom is 0.127 e. The lowest BCUT2D eigenvalue weighted by Gasteiger charge is -2.14. The van der Waals surface area contributed by atoms with Crippen molar-refractivity contribution in [2.24, 2.45) is 0 Å². The third-order valence-electron chi connectivity index (χ3n) is 5.54. The summed E-state index contributed by atoms with van der Waals surface area (Å²) < 4.78 is 6.26. The molecule has 0 spiro atoms. The standard InChI is InChI=1S/C26H28O2/c27-18-9-3-1-2-4-10-19-28-25-17-11-16-24-22-13-6-5-12-20(22)21-14-7-8-15-23(21)26(24)25/h5-8,11-17,27H,1-4,9-10,18-19H2. The summed E-state index contributed by atoms with van der Waals surface area (Å²) >= 11 is 0. The lowest BCUT2D eigenvalue weighted by molar-refractivity contribution is 0.280. The normalized spacial score (nSPS) is 11.5. The van der Waals surface area contributed by atoms with Gasteiger partial charge in [-0.3, -0.25) is 0 Å². The number of ether oxygens (including phenoxy) is 1. The molecular formula is C26H28O2. The predicted octanol–water partition coefficient (Wildman–Crippen LogP) is 6.86. The van der Waals surface area contributed by atoms with E-state index in [-0.39, 0.29) is 0 Å². The second kappa shape index (κ2) is 9.07. The van der Waals surface area contributed by atoms with Gasteiger partial charge in [0.05, 0.1) is 6.61 Å². The van der Waals surface area contributed by atoms with Gasteiger partial charge in [0.1, 0.15) is 5.75 Å². The molecule has 144 valence electrons. The number of unbranched alkanes of at least 4 members (excludes halogenated alkanes) is 5. The van der Waals surface area contributed by atoms with Gasteiger partial charge in [-0.05, 0) is 45.8 Å². The molecule has 2 heteroatoms. The quantitative estimate of drug-likeness (QED) is 0.257. The van der Waals surface area contributed by atoms with Gasteiger partial charge >= 0.3 is 0 Å². The highest BCUT2D eigenvalue weighted by Crippen LogP contribution is 2.39. The molecule has 0 fully saturated rings. The zero-order valence-electron chi connectivity index (χ0n) is 16.4. The number of aliphatic hydroxyl groups is 1. The molecule has 1 N–H and O–H groups in total. The smallest absolute Gasteiger partial charge is 0.127 e. The SMILES string of the molecule is OCCCCCCCCOc1cccc2c3ccccc3c3ccccc3c12. The van der Waals surface area contributed by atoms with Crippen LogP contribution in [0.2, 0.25) is 0 Å². The van der Waals surface area contributed by atoms with Crippen molar-refractivity contribution in [1.29, 1.82) is 0 Å². The Bertz CT molecular complexity index is 1020. The summed E-state index contributed by atoms with van der Waals surface area (Å²) in [6.07, 6.45) is 6.71. The van der Waals surface area contributed by atoms with Crippen molar-refractivity contribution in [3.63, 3.8) is 0 Å². The third-order valence-corrected chi connectivity index (χ3v) is 5.54. The van der Waals surface area contributed by atoms with Crippen LogP contribution in [0.5, 0.6) is 5.75 Å². The Balaban J connectivity index is 1.60. The largest absolute Gasteiger partial charge is 0.493 e. The number of benzene rings is 4. The topological polar surface area (TPSA) is 29.5 Å². The molecule has 0 saturated carbocycles. The molecule has 4 aromatic rings. The maximum atomic E-state index is 8.84. The number of aliphatic hydroxyl groups excluding tert-OH is 1. The van der Waals surface area contributed by atoms with Gasteiger partial charge in [0.2, 0.25) is 0 Å². The second-order valence-corrected chi connectivity index (χ2v) is 7.46. The molecule has 0 aliphatic heterocycles. The highest BCUT2D eigenvalue weighted by atomic mass is 16.5. The van der Waals surface area contributed by atoms with Crippen molar-refractivity contribution in [3.8, 4) is 5.75 Å². The molecule has 0 aliphatic rings. The third kappa shape index (κ3) is 3.83. The number of fused-ring (bicyclic) bond motifs is 6. The van der Waals surface area contributed by atoms with Crippen LogP contribution < -0.4 is 4.74 Å². The van der Waals surface area contributed by atoms with Crippen LogP contribution in [0.3, 0.4) is 0 Å². The van der Waals surface area contributed by atoms with Gasteiger partial charge < -0.3 is 9.84 Å². The van der Waals surface area contributed by atoms with Gasteiger partial charge in [0.25, 0.3) is 0 Å². The number of rotatable bonds is 9. The first kappa shape index (κ1) is 18.8. The fourth-order valence-corrected chi connectivity index (χ4v) is 4.15. The molecule has 0 bridgehead atoms. The van der Waals surface area contributed by atoms with E-state index in [4.69, 9.17) is 9.84 Å². The summed E-state index contributed by atoms with van der Waals surface area (Å²) in [5, 5.41) is 16.4. The Hall–Kier alpha value is -2.58. The first-order valence-electron chi connectivity index (χ1n) is 10.5. The lowest BCUT2D eigenvalue weighted by Crippen LogP contribution is -1.98. The lowest BCUT2D eigenvalue weighted by atomic mass is 9.94. The minimum atomic E-state index is 0.312. The Kier molecular flexibility index (Phi) is 6.08. The Labute approximate surface area is 166 Å². The summed E-state index contributed by atoms with van der Waals surface area (Å²) in [6.45, 7) is 1.06. The molecule has 0 unspecified atom stereocenters. The monoisotopic (exact) mass is 372 g/mol. The fraction of sp³-hybridized carbons (Fsp3) is 0.308. The maximum absolute atomic E-state index is 8.84. The second-order valence-electron chi connectivity index (χ2n) is 7.46. The molecule has 28 heavy (non-hydrogen) atoms. The van der Waals surface area contributed by atoms with E-state index in [9.17, 15) is 0 Å². The van der Waals surface area contributed by atoms with Crippen LogP contribution >= 0.6 is 0 Å². The van der Waals surface area contributed by atoms with Gasteiger partial charge in [-0.1, -0.05) is 86.3 Å². The predicted molar refractivity (Wildman–Crippen MR) is 119 cm³/mol. The molecular weight excluding hydrogens is 344 g/mol. The van der Waals surface area contributed by atoms with Gasteiger partial charge in [0.15, 0.2) is 0 Å². The van der Waals surface area contributed by atoms with Crippen LogP contribution in [0.1, 0.15) is 38.5 Å². The van der Waals surface area contributed by atoms with E-state index in [0.717, 1.165) is 31.6 Å². The molecule has 0 amide bonds. The molecule has 4 rings (SSSR count).